The van der Waals surface area contributed by atoms with Crippen molar-refractivity contribution in [3.05, 3.63) is 34.9 Å². The van der Waals surface area contributed by atoms with E-state index >= 15 is 0 Å². The lowest BCUT2D eigenvalue weighted by molar-refractivity contribution is -0.139. The standard InChI is InChI=1S/C15H19NO3/c1-15(2,19-10-18)8-14-13-7-11(9-17)3-4-12(13)5-6-16-14/h3-4,7,10,17H,5-6,8-9H2,1-2H3. The van der Waals surface area contributed by atoms with Gasteiger partial charge in [-0.2, -0.15) is 0 Å². The van der Waals surface area contributed by atoms with Crippen molar-refractivity contribution >= 4 is 12.2 Å². The molecule has 0 fully saturated rings. The van der Waals surface area contributed by atoms with Gasteiger partial charge in [-0.3, -0.25) is 9.79 Å². The van der Waals surface area contributed by atoms with Crippen LogP contribution in [0.15, 0.2) is 23.2 Å². The summed E-state index contributed by atoms with van der Waals surface area (Å²) in [6.07, 6.45) is 1.49. The fraction of sp³-hybridized carbons (Fsp3) is 0.467. The minimum absolute atomic E-state index is 0.0226. The van der Waals surface area contributed by atoms with E-state index in [4.69, 9.17) is 4.74 Å². The molecule has 0 unspecified atom stereocenters. The molecule has 4 nitrogen and oxygen atoms in total. The monoisotopic (exact) mass is 261 g/mol. The third kappa shape index (κ3) is 3.20. The summed E-state index contributed by atoms with van der Waals surface area (Å²) in [5, 5.41) is 9.23. The van der Waals surface area contributed by atoms with Crippen LogP contribution in [0.25, 0.3) is 0 Å². The molecule has 0 spiro atoms. The molecule has 0 aromatic heterocycles. The molecule has 1 aliphatic heterocycles. The van der Waals surface area contributed by atoms with Gasteiger partial charge in [-0.05, 0) is 43.0 Å². The second-order valence-electron chi connectivity index (χ2n) is 5.38. The first kappa shape index (κ1) is 13.7. The molecule has 0 saturated heterocycles. The Balaban J connectivity index is 2.29. The van der Waals surface area contributed by atoms with Crippen molar-refractivity contribution in [3.63, 3.8) is 0 Å². The lowest BCUT2D eigenvalue weighted by Gasteiger charge is -2.26. The average molecular weight is 261 g/mol. The van der Waals surface area contributed by atoms with Crippen LogP contribution in [-0.2, 0) is 22.6 Å². The molecule has 1 aliphatic rings. The first-order chi connectivity index (χ1) is 9.05. The number of hydrogen-bond donors (Lipinski definition) is 1. The number of benzene rings is 1. The Morgan fingerprint density at radius 2 is 2.26 bits per heavy atom. The molecular weight excluding hydrogens is 242 g/mol. The summed E-state index contributed by atoms with van der Waals surface area (Å²) in [5.74, 6) is 0. The van der Waals surface area contributed by atoms with Crippen molar-refractivity contribution in [1.29, 1.82) is 0 Å². The number of ether oxygens (including phenoxy) is 1. The smallest absolute Gasteiger partial charge is 0.293 e. The fourth-order valence-corrected chi connectivity index (χ4v) is 2.33. The summed E-state index contributed by atoms with van der Waals surface area (Å²) in [4.78, 5) is 15.1. The molecule has 1 N–H and O–H groups in total. The molecule has 0 amide bonds. The quantitative estimate of drug-likeness (QED) is 0.823. The van der Waals surface area contributed by atoms with Crippen LogP contribution in [0.4, 0.5) is 0 Å². The molecule has 0 aliphatic carbocycles. The summed E-state index contributed by atoms with van der Waals surface area (Å²) in [6, 6.07) is 5.96. The molecule has 102 valence electrons. The van der Waals surface area contributed by atoms with Gasteiger partial charge in [0.2, 0.25) is 0 Å². The lowest BCUT2D eigenvalue weighted by Crippen LogP contribution is -2.29. The lowest BCUT2D eigenvalue weighted by atomic mass is 9.89. The molecule has 4 heteroatoms. The van der Waals surface area contributed by atoms with Crippen LogP contribution in [0.2, 0.25) is 0 Å². The van der Waals surface area contributed by atoms with Crippen LogP contribution < -0.4 is 0 Å². The Kier molecular flexibility index (Phi) is 4.00. The number of aliphatic hydroxyl groups is 1. The highest BCUT2D eigenvalue weighted by Crippen LogP contribution is 2.24. The highest BCUT2D eigenvalue weighted by molar-refractivity contribution is 6.03. The van der Waals surface area contributed by atoms with Gasteiger partial charge in [0.05, 0.1) is 6.61 Å². The third-order valence-corrected chi connectivity index (χ3v) is 3.31. The maximum absolute atomic E-state index is 10.5. The topological polar surface area (TPSA) is 58.9 Å². The van der Waals surface area contributed by atoms with Crippen LogP contribution in [0.5, 0.6) is 0 Å². The molecule has 2 rings (SSSR count). The number of hydrogen-bond acceptors (Lipinski definition) is 4. The highest BCUT2D eigenvalue weighted by atomic mass is 16.5. The van der Waals surface area contributed by atoms with E-state index < -0.39 is 5.60 Å². The summed E-state index contributed by atoms with van der Waals surface area (Å²) >= 11 is 0. The Hall–Kier alpha value is -1.68. The second-order valence-corrected chi connectivity index (χ2v) is 5.38. The van der Waals surface area contributed by atoms with E-state index in [-0.39, 0.29) is 6.61 Å². The van der Waals surface area contributed by atoms with Crippen molar-refractivity contribution in [2.24, 2.45) is 4.99 Å². The Morgan fingerprint density at radius 1 is 1.47 bits per heavy atom. The normalized spacial score (nSPS) is 14.6. The van der Waals surface area contributed by atoms with Crippen LogP contribution in [0.1, 0.15) is 37.0 Å². The third-order valence-electron chi connectivity index (χ3n) is 3.31. The maximum atomic E-state index is 10.5. The van der Waals surface area contributed by atoms with Crippen molar-refractivity contribution in [2.45, 2.75) is 38.9 Å². The van der Waals surface area contributed by atoms with E-state index in [2.05, 4.69) is 4.99 Å². The summed E-state index contributed by atoms with van der Waals surface area (Å²) in [6.45, 7) is 5.00. The van der Waals surface area contributed by atoms with Crippen LogP contribution in [0, 0.1) is 0 Å². The van der Waals surface area contributed by atoms with Crippen molar-refractivity contribution < 1.29 is 14.6 Å². The van der Waals surface area contributed by atoms with E-state index in [1.54, 1.807) is 0 Å². The predicted molar refractivity (Wildman–Crippen MR) is 73.3 cm³/mol. The Morgan fingerprint density at radius 3 is 2.95 bits per heavy atom. The Labute approximate surface area is 113 Å². The molecule has 0 radical (unpaired) electrons. The van der Waals surface area contributed by atoms with Gasteiger partial charge < -0.3 is 9.84 Å². The average Bonchev–Trinajstić information content (AvgIpc) is 2.38. The van der Waals surface area contributed by atoms with Crippen LogP contribution in [0.3, 0.4) is 0 Å². The first-order valence-corrected chi connectivity index (χ1v) is 6.43. The number of aliphatic imine (C=N–C) groups is 1. The fourth-order valence-electron chi connectivity index (χ4n) is 2.33. The summed E-state index contributed by atoms with van der Waals surface area (Å²) < 4.78 is 5.09. The van der Waals surface area contributed by atoms with Crippen molar-refractivity contribution in [2.75, 3.05) is 6.54 Å². The zero-order valence-electron chi connectivity index (χ0n) is 11.3. The molecule has 1 aromatic carbocycles. The number of rotatable bonds is 5. The maximum Gasteiger partial charge on any atom is 0.293 e. The van der Waals surface area contributed by atoms with Gasteiger partial charge in [0.1, 0.15) is 5.60 Å². The van der Waals surface area contributed by atoms with Gasteiger partial charge in [-0.1, -0.05) is 12.1 Å². The van der Waals surface area contributed by atoms with E-state index in [9.17, 15) is 9.90 Å². The van der Waals surface area contributed by atoms with Crippen LogP contribution in [-0.4, -0.2) is 29.4 Å². The highest BCUT2D eigenvalue weighted by Gasteiger charge is 2.25. The van der Waals surface area contributed by atoms with Gasteiger partial charge in [-0.25, -0.2) is 0 Å². The van der Waals surface area contributed by atoms with Crippen molar-refractivity contribution in [3.8, 4) is 0 Å². The molecule has 1 aromatic rings. The van der Waals surface area contributed by atoms with E-state index in [0.717, 1.165) is 29.8 Å². The van der Waals surface area contributed by atoms with Crippen LogP contribution >= 0.6 is 0 Å². The van der Waals surface area contributed by atoms with Gasteiger partial charge in [0, 0.05) is 18.7 Å². The number of nitrogens with zero attached hydrogens (tertiary/aromatic N) is 1. The molecule has 0 saturated carbocycles. The summed E-state index contributed by atoms with van der Waals surface area (Å²) in [5.41, 5.74) is 3.57. The molecule has 0 bridgehead atoms. The first-order valence-electron chi connectivity index (χ1n) is 6.43. The minimum Gasteiger partial charge on any atom is -0.461 e. The summed E-state index contributed by atoms with van der Waals surface area (Å²) in [7, 11) is 0. The number of aliphatic hydroxyl groups excluding tert-OH is 1. The number of carbonyl (C=O) groups is 1. The number of fused-ring (bicyclic) bond motifs is 1. The van der Waals surface area contributed by atoms with Gasteiger partial charge in [0.15, 0.2) is 0 Å². The zero-order valence-corrected chi connectivity index (χ0v) is 11.3. The number of carbonyl (C=O) groups excluding carboxylic acids is 1. The predicted octanol–water partition coefficient (Wildman–Crippen LogP) is 1.87. The largest absolute Gasteiger partial charge is 0.461 e. The van der Waals surface area contributed by atoms with Gasteiger partial charge in [0.25, 0.3) is 6.47 Å². The van der Waals surface area contributed by atoms with E-state index in [1.807, 2.05) is 32.0 Å². The van der Waals surface area contributed by atoms with Gasteiger partial charge in [-0.15, -0.1) is 0 Å². The van der Waals surface area contributed by atoms with Gasteiger partial charge >= 0.3 is 0 Å². The molecule has 1 heterocycles. The Bertz CT molecular complexity index is 506. The minimum atomic E-state index is -0.565. The molecule has 0 atom stereocenters. The van der Waals surface area contributed by atoms with Crippen molar-refractivity contribution in [1.82, 2.24) is 0 Å². The van der Waals surface area contributed by atoms with E-state index in [0.29, 0.717) is 12.9 Å². The molecular formula is C15H19NO3. The zero-order chi connectivity index (χ0) is 13.9. The second kappa shape index (κ2) is 5.53. The van der Waals surface area contributed by atoms with E-state index in [1.165, 1.54) is 5.56 Å². The molecule has 19 heavy (non-hydrogen) atoms. The SMILES string of the molecule is CC(C)(CC1=NCCc2ccc(CO)cc21)OC=O.